The Bertz CT molecular complexity index is 703. The molecular formula is C15H19ClN4O2. The fourth-order valence-corrected chi connectivity index (χ4v) is 1.95. The molecule has 2 aromatic heterocycles. The van der Waals surface area contributed by atoms with Gasteiger partial charge in [-0.3, -0.25) is 9.59 Å². The zero-order valence-corrected chi connectivity index (χ0v) is 13.6. The zero-order valence-electron chi connectivity index (χ0n) is 12.8. The Kier molecular flexibility index (Phi) is 4.71. The molecule has 2 heterocycles. The molecular weight excluding hydrogens is 304 g/mol. The lowest BCUT2D eigenvalue weighted by Gasteiger charge is -2.17. The van der Waals surface area contributed by atoms with Gasteiger partial charge in [-0.05, 0) is 12.1 Å². The summed E-state index contributed by atoms with van der Waals surface area (Å²) in [6.07, 6.45) is 3.55. The summed E-state index contributed by atoms with van der Waals surface area (Å²) in [6, 6.07) is 3.56. The van der Waals surface area contributed by atoms with Crippen molar-refractivity contribution in [2.24, 2.45) is 5.41 Å². The van der Waals surface area contributed by atoms with Crippen LogP contribution in [0.3, 0.4) is 0 Å². The highest BCUT2D eigenvalue weighted by atomic mass is 35.5. The third kappa shape index (κ3) is 4.21. The number of nitrogens with zero attached hydrogens (tertiary/aromatic N) is 2. The fourth-order valence-electron chi connectivity index (χ4n) is 1.78. The minimum absolute atomic E-state index is 0.0463. The molecule has 2 N–H and O–H groups in total. The smallest absolute Gasteiger partial charge is 0.239 e. The summed E-state index contributed by atoms with van der Waals surface area (Å²) in [5.74, 6) is -0.419. The van der Waals surface area contributed by atoms with Crippen molar-refractivity contribution >= 4 is 29.1 Å². The first-order valence-electron chi connectivity index (χ1n) is 6.94. The number of hydrogen-bond acceptors (Lipinski definition) is 3. The lowest BCUT2D eigenvalue weighted by molar-refractivity contribution is -0.131. The second-order valence-electron chi connectivity index (χ2n) is 6.05. The van der Waals surface area contributed by atoms with Crippen molar-refractivity contribution in [3.8, 4) is 0 Å². The number of rotatable bonds is 4. The van der Waals surface area contributed by atoms with Crippen LogP contribution in [0.5, 0.6) is 0 Å². The van der Waals surface area contributed by atoms with Gasteiger partial charge < -0.3 is 15.0 Å². The molecule has 0 spiro atoms. The summed E-state index contributed by atoms with van der Waals surface area (Å²) in [6.45, 7) is 5.63. The van der Waals surface area contributed by atoms with E-state index in [0.717, 1.165) is 11.3 Å². The summed E-state index contributed by atoms with van der Waals surface area (Å²) in [7, 11) is 0. The maximum absolute atomic E-state index is 11.7. The van der Waals surface area contributed by atoms with Crippen molar-refractivity contribution in [2.75, 3.05) is 6.54 Å². The van der Waals surface area contributed by atoms with Gasteiger partial charge in [0.2, 0.25) is 11.8 Å². The number of fused-ring (bicyclic) bond motifs is 1. The number of carbonyl (C=O) groups excluding carboxylic acids is 2. The lowest BCUT2D eigenvalue weighted by atomic mass is 9.96. The maximum Gasteiger partial charge on any atom is 0.239 e. The standard InChI is InChI=1S/C15H19ClN4O2/c1-15(2,3)14(22)18-7-13(21)17-6-11-9-20-8-10(16)4-5-12(20)19-11/h4-5,8-9H,6-7H2,1-3H3,(H,17,21)(H,18,22). The largest absolute Gasteiger partial charge is 0.349 e. The van der Waals surface area contributed by atoms with Crippen LogP contribution in [-0.2, 0) is 16.1 Å². The minimum atomic E-state index is -0.513. The molecule has 0 unspecified atom stereocenters. The van der Waals surface area contributed by atoms with Crippen LogP contribution in [0, 0.1) is 5.41 Å². The maximum atomic E-state index is 11.7. The molecule has 0 saturated heterocycles. The van der Waals surface area contributed by atoms with Crippen LogP contribution >= 0.6 is 11.6 Å². The molecule has 118 valence electrons. The molecule has 0 saturated carbocycles. The summed E-state index contributed by atoms with van der Waals surface area (Å²) in [5, 5.41) is 5.93. The van der Waals surface area contributed by atoms with Gasteiger partial charge in [-0.25, -0.2) is 4.98 Å². The van der Waals surface area contributed by atoms with Gasteiger partial charge in [-0.1, -0.05) is 32.4 Å². The Labute approximate surface area is 133 Å². The Morgan fingerprint density at radius 3 is 2.64 bits per heavy atom. The summed E-state index contributed by atoms with van der Waals surface area (Å²) < 4.78 is 1.80. The minimum Gasteiger partial charge on any atom is -0.349 e. The highest BCUT2D eigenvalue weighted by Gasteiger charge is 2.21. The fraction of sp³-hybridized carbons (Fsp3) is 0.400. The molecule has 0 radical (unpaired) electrons. The predicted molar refractivity (Wildman–Crippen MR) is 84.5 cm³/mol. The van der Waals surface area contributed by atoms with Crippen LogP contribution < -0.4 is 10.6 Å². The van der Waals surface area contributed by atoms with E-state index < -0.39 is 5.41 Å². The van der Waals surface area contributed by atoms with E-state index in [2.05, 4.69) is 15.6 Å². The average Bonchev–Trinajstić information content (AvgIpc) is 2.83. The lowest BCUT2D eigenvalue weighted by Crippen LogP contribution is -2.41. The second-order valence-corrected chi connectivity index (χ2v) is 6.49. The summed E-state index contributed by atoms with van der Waals surface area (Å²) >= 11 is 5.90. The molecule has 0 fully saturated rings. The summed E-state index contributed by atoms with van der Waals surface area (Å²) in [4.78, 5) is 27.8. The van der Waals surface area contributed by atoms with Crippen molar-refractivity contribution in [1.82, 2.24) is 20.0 Å². The van der Waals surface area contributed by atoms with Gasteiger partial charge in [0.15, 0.2) is 0 Å². The number of amides is 2. The third-order valence-corrected chi connectivity index (χ3v) is 3.25. The number of aromatic nitrogens is 2. The monoisotopic (exact) mass is 322 g/mol. The van der Waals surface area contributed by atoms with Crippen LogP contribution in [-0.4, -0.2) is 27.7 Å². The Balaban J connectivity index is 1.86. The van der Waals surface area contributed by atoms with Crippen molar-refractivity contribution in [1.29, 1.82) is 0 Å². The molecule has 0 aliphatic carbocycles. The number of nitrogens with one attached hydrogen (secondary N) is 2. The quantitative estimate of drug-likeness (QED) is 0.900. The van der Waals surface area contributed by atoms with E-state index in [1.807, 2.05) is 0 Å². The van der Waals surface area contributed by atoms with E-state index in [4.69, 9.17) is 11.6 Å². The number of halogens is 1. The molecule has 22 heavy (non-hydrogen) atoms. The first-order valence-corrected chi connectivity index (χ1v) is 7.31. The molecule has 2 amide bonds. The predicted octanol–water partition coefficient (Wildman–Crippen LogP) is 1.77. The van der Waals surface area contributed by atoms with Crippen molar-refractivity contribution in [3.63, 3.8) is 0 Å². The highest BCUT2D eigenvalue weighted by Crippen LogP contribution is 2.12. The molecule has 6 nitrogen and oxygen atoms in total. The highest BCUT2D eigenvalue weighted by molar-refractivity contribution is 6.30. The number of imidazole rings is 1. The van der Waals surface area contributed by atoms with Crippen LogP contribution in [0.2, 0.25) is 5.02 Å². The van der Waals surface area contributed by atoms with E-state index >= 15 is 0 Å². The van der Waals surface area contributed by atoms with Crippen molar-refractivity contribution < 1.29 is 9.59 Å². The SMILES string of the molecule is CC(C)(C)C(=O)NCC(=O)NCc1cn2cc(Cl)ccc2n1. The van der Waals surface area contributed by atoms with Gasteiger partial charge in [0, 0.05) is 17.8 Å². The van der Waals surface area contributed by atoms with Crippen LogP contribution in [0.25, 0.3) is 5.65 Å². The van der Waals surface area contributed by atoms with Crippen LogP contribution in [0.4, 0.5) is 0 Å². The van der Waals surface area contributed by atoms with Gasteiger partial charge in [0.05, 0.1) is 23.8 Å². The molecule has 0 aromatic carbocycles. The van der Waals surface area contributed by atoms with Crippen molar-refractivity contribution in [3.05, 3.63) is 35.2 Å². The van der Waals surface area contributed by atoms with Crippen molar-refractivity contribution in [2.45, 2.75) is 27.3 Å². The van der Waals surface area contributed by atoms with Gasteiger partial charge in [-0.15, -0.1) is 0 Å². The Morgan fingerprint density at radius 2 is 1.95 bits per heavy atom. The van der Waals surface area contributed by atoms with Crippen LogP contribution in [0.15, 0.2) is 24.5 Å². The first kappa shape index (κ1) is 16.3. The van der Waals surface area contributed by atoms with E-state index in [0.29, 0.717) is 11.6 Å². The molecule has 2 aromatic rings. The molecule has 2 rings (SSSR count). The van der Waals surface area contributed by atoms with Gasteiger partial charge in [0.25, 0.3) is 0 Å². The normalized spacial score (nSPS) is 11.5. The molecule has 7 heteroatoms. The Morgan fingerprint density at radius 1 is 1.23 bits per heavy atom. The molecule has 0 bridgehead atoms. The zero-order chi connectivity index (χ0) is 16.3. The topological polar surface area (TPSA) is 75.5 Å². The van der Waals surface area contributed by atoms with Gasteiger partial charge in [0.1, 0.15) is 5.65 Å². The molecule has 0 atom stereocenters. The van der Waals surface area contributed by atoms with Gasteiger partial charge in [-0.2, -0.15) is 0 Å². The third-order valence-electron chi connectivity index (χ3n) is 3.02. The number of hydrogen-bond donors (Lipinski definition) is 2. The number of carbonyl (C=O) groups is 2. The van der Waals surface area contributed by atoms with E-state index in [9.17, 15) is 9.59 Å². The average molecular weight is 323 g/mol. The molecule has 0 aliphatic heterocycles. The van der Waals surface area contributed by atoms with E-state index in [1.165, 1.54) is 0 Å². The number of pyridine rings is 1. The Hall–Kier alpha value is -2.08. The molecule has 0 aliphatic rings. The first-order chi connectivity index (χ1) is 10.3. The van der Waals surface area contributed by atoms with Gasteiger partial charge >= 0.3 is 0 Å². The van der Waals surface area contributed by atoms with E-state index in [-0.39, 0.29) is 18.4 Å². The van der Waals surface area contributed by atoms with Crippen LogP contribution in [0.1, 0.15) is 26.5 Å². The second kappa shape index (κ2) is 6.36. The summed E-state index contributed by atoms with van der Waals surface area (Å²) in [5.41, 5.74) is 0.966. The van der Waals surface area contributed by atoms with E-state index in [1.54, 1.807) is 49.7 Å².